The van der Waals surface area contributed by atoms with E-state index in [1.54, 1.807) is 0 Å². The van der Waals surface area contributed by atoms with Gasteiger partial charge in [0.15, 0.2) is 5.82 Å². The van der Waals surface area contributed by atoms with Crippen LogP contribution >= 0.6 is 0 Å². The highest BCUT2D eigenvalue weighted by atomic mass is 16.3. The van der Waals surface area contributed by atoms with Crippen LogP contribution in [0.5, 0.6) is 0 Å². The Kier molecular flexibility index (Phi) is 5.06. The Morgan fingerprint density at radius 1 is 0.478 bits per heavy atom. The highest BCUT2D eigenvalue weighted by Gasteiger charge is 2.38. The number of fused-ring (bicyclic) bond motifs is 12. The van der Waals surface area contributed by atoms with Crippen LogP contribution in [0.25, 0.3) is 87.9 Å². The lowest BCUT2D eigenvalue weighted by molar-refractivity contribution is 0.636. The molecular formula is C43H28N2O. The first-order valence-corrected chi connectivity index (χ1v) is 15.8. The maximum absolute atomic E-state index is 6.18. The van der Waals surface area contributed by atoms with Gasteiger partial charge in [0, 0.05) is 33.5 Å². The molecule has 0 spiro atoms. The van der Waals surface area contributed by atoms with Gasteiger partial charge in [0.1, 0.15) is 11.2 Å². The molecule has 3 heteroatoms. The molecule has 0 atom stereocenters. The largest absolute Gasteiger partial charge is 0.456 e. The Morgan fingerprint density at radius 3 is 1.85 bits per heavy atom. The summed E-state index contributed by atoms with van der Waals surface area (Å²) in [6.07, 6.45) is 2.04. The summed E-state index contributed by atoms with van der Waals surface area (Å²) in [5, 5.41) is 9.98. The van der Waals surface area contributed by atoms with Crippen LogP contribution in [0.2, 0.25) is 0 Å². The highest BCUT2D eigenvalue weighted by molar-refractivity contribution is 6.26. The molecule has 0 saturated heterocycles. The predicted molar refractivity (Wildman–Crippen MR) is 190 cm³/mol. The molecular weight excluding hydrogens is 560 g/mol. The molecule has 0 saturated carbocycles. The first-order chi connectivity index (χ1) is 22.5. The lowest BCUT2D eigenvalue weighted by atomic mass is 9.83. The molecule has 46 heavy (non-hydrogen) atoms. The Labute approximate surface area is 265 Å². The molecule has 9 aromatic rings. The zero-order valence-corrected chi connectivity index (χ0v) is 25.5. The van der Waals surface area contributed by atoms with Crippen molar-refractivity contribution in [1.82, 2.24) is 9.97 Å². The van der Waals surface area contributed by atoms with Crippen LogP contribution in [0, 0.1) is 0 Å². The Bertz CT molecular complexity index is 2730. The number of furan rings is 1. The number of para-hydroxylation sites is 1. The summed E-state index contributed by atoms with van der Waals surface area (Å²) in [7, 11) is 0. The van der Waals surface area contributed by atoms with Gasteiger partial charge in [-0.1, -0.05) is 105 Å². The standard InChI is InChI=1S/C43H28N2O/c1-43(2)38-23-35-31-15-6-4-13-29(31)28-12-3-5-14-30(28)34(35)22-36(38)37-24-44-42(45-41(37)43)27-11-9-10-25(20-27)26-18-19-33-32-16-7-8-17-39(32)46-40(33)21-26/h3-24H,1-2H3. The summed E-state index contributed by atoms with van der Waals surface area (Å²) in [6, 6.07) is 45.5. The van der Waals surface area contributed by atoms with Crippen LogP contribution < -0.4 is 0 Å². The van der Waals surface area contributed by atoms with Crippen molar-refractivity contribution < 1.29 is 4.42 Å². The molecule has 0 aliphatic heterocycles. The van der Waals surface area contributed by atoms with Gasteiger partial charge in [-0.15, -0.1) is 0 Å². The third-order valence-corrected chi connectivity index (χ3v) is 10.1. The summed E-state index contributed by atoms with van der Waals surface area (Å²) in [4.78, 5) is 10.3. The average molecular weight is 589 g/mol. The molecule has 0 N–H and O–H groups in total. The summed E-state index contributed by atoms with van der Waals surface area (Å²) in [5.74, 6) is 0.742. The summed E-state index contributed by atoms with van der Waals surface area (Å²) < 4.78 is 6.18. The normalized spacial score (nSPS) is 13.6. The molecule has 216 valence electrons. The Balaban J connectivity index is 1.11. The van der Waals surface area contributed by atoms with E-state index >= 15 is 0 Å². The van der Waals surface area contributed by atoms with E-state index < -0.39 is 0 Å². The number of benzene rings is 7. The first-order valence-electron chi connectivity index (χ1n) is 15.8. The van der Waals surface area contributed by atoms with Gasteiger partial charge in [0.05, 0.1) is 5.69 Å². The number of hydrogen-bond donors (Lipinski definition) is 0. The summed E-state index contributed by atoms with van der Waals surface area (Å²) >= 11 is 0. The maximum atomic E-state index is 6.18. The van der Waals surface area contributed by atoms with E-state index in [1.165, 1.54) is 43.4 Å². The van der Waals surface area contributed by atoms with Crippen LogP contribution in [0.3, 0.4) is 0 Å². The van der Waals surface area contributed by atoms with Gasteiger partial charge in [-0.2, -0.15) is 0 Å². The van der Waals surface area contributed by atoms with Crippen LogP contribution in [0.1, 0.15) is 25.1 Å². The van der Waals surface area contributed by atoms with Gasteiger partial charge in [-0.3, -0.25) is 0 Å². The topological polar surface area (TPSA) is 38.9 Å². The minimum absolute atomic E-state index is 0.271. The molecule has 3 nitrogen and oxygen atoms in total. The second kappa shape index (κ2) is 9.12. The van der Waals surface area contributed by atoms with E-state index in [0.717, 1.165) is 55.7 Å². The van der Waals surface area contributed by atoms with Crippen molar-refractivity contribution in [3.63, 3.8) is 0 Å². The lowest BCUT2D eigenvalue weighted by Gasteiger charge is -2.21. The van der Waals surface area contributed by atoms with E-state index in [1.807, 2.05) is 18.3 Å². The van der Waals surface area contributed by atoms with Crippen LogP contribution in [0.15, 0.2) is 138 Å². The molecule has 0 bridgehead atoms. The van der Waals surface area contributed by atoms with Gasteiger partial charge in [0.2, 0.25) is 0 Å². The van der Waals surface area contributed by atoms with E-state index in [2.05, 4.69) is 129 Å². The molecule has 10 rings (SSSR count). The van der Waals surface area contributed by atoms with E-state index in [9.17, 15) is 0 Å². The fourth-order valence-electron chi connectivity index (χ4n) is 7.76. The molecule has 2 aromatic heterocycles. The van der Waals surface area contributed by atoms with Gasteiger partial charge in [-0.25, -0.2) is 9.97 Å². The minimum atomic E-state index is -0.271. The van der Waals surface area contributed by atoms with E-state index in [4.69, 9.17) is 14.4 Å². The second-order valence-electron chi connectivity index (χ2n) is 13.0. The van der Waals surface area contributed by atoms with Crippen molar-refractivity contribution in [3.8, 4) is 33.6 Å². The van der Waals surface area contributed by atoms with Crippen LogP contribution in [-0.4, -0.2) is 9.97 Å². The number of nitrogens with zero attached hydrogens (tertiary/aromatic N) is 2. The third-order valence-electron chi connectivity index (χ3n) is 10.1. The van der Waals surface area contributed by atoms with Gasteiger partial charge < -0.3 is 4.42 Å². The number of aromatic nitrogens is 2. The fourth-order valence-corrected chi connectivity index (χ4v) is 7.76. The van der Waals surface area contributed by atoms with Gasteiger partial charge >= 0.3 is 0 Å². The molecule has 1 aliphatic carbocycles. The maximum Gasteiger partial charge on any atom is 0.159 e. The molecule has 7 aromatic carbocycles. The third kappa shape index (κ3) is 3.48. The van der Waals surface area contributed by atoms with Crippen molar-refractivity contribution in [3.05, 3.63) is 145 Å². The molecule has 1 aliphatic rings. The minimum Gasteiger partial charge on any atom is -0.456 e. The highest BCUT2D eigenvalue weighted by Crippen LogP contribution is 2.51. The zero-order chi connectivity index (χ0) is 30.6. The van der Waals surface area contributed by atoms with Crippen molar-refractivity contribution in [2.75, 3.05) is 0 Å². The van der Waals surface area contributed by atoms with Crippen molar-refractivity contribution in [1.29, 1.82) is 0 Å². The van der Waals surface area contributed by atoms with Crippen LogP contribution in [-0.2, 0) is 5.41 Å². The first kappa shape index (κ1) is 25.5. The molecule has 0 amide bonds. The predicted octanol–water partition coefficient (Wildman–Crippen LogP) is 11.5. The Morgan fingerprint density at radius 2 is 1.09 bits per heavy atom. The van der Waals surface area contributed by atoms with Crippen molar-refractivity contribution in [2.45, 2.75) is 19.3 Å². The zero-order valence-electron chi connectivity index (χ0n) is 25.5. The molecule has 0 unspecified atom stereocenters. The monoisotopic (exact) mass is 588 g/mol. The second-order valence-corrected chi connectivity index (χ2v) is 13.0. The Hall–Kier alpha value is -5.80. The number of rotatable bonds is 2. The molecule has 0 radical (unpaired) electrons. The van der Waals surface area contributed by atoms with E-state index in [0.29, 0.717) is 0 Å². The molecule has 0 fully saturated rings. The molecule has 2 heterocycles. The number of hydrogen-bond acceptors (Lipinski definition) is 3. The smallest absolute Gasteiger partial charge is 0.159 e. The SMILES string of the molecule is CC1(C)c2cc3c4ccccc4c4ccccc4c3cc2-c2cnc(-c3cccc(-c4ccc5c(c4)oc4ccccc45)c3)nc21. The van der Waals surface area contributed by atoms with Gasteiger partial charge in [-0.05, 0) is 91.0 Å². The summed E-state index contributed by atoms with van der Waals surface area (Å²) in [6.45, 7) is 4.59. The quantitative estimate of drug-likeness (QED) is 0.189. The van der Waals surface area contributed by atoms with Gasteiger partial charge in [0.25, 0.3) is 0 Å². The fraction of sp³-hybridized carbons (Fsp3) is 0.0698. The van der Waals surface area contributed by atoms with Crippen molar-refractivity contribution >= 4 is 54.3 Å². The van der Waals surface area contributed by atoms with E-state index in [-0.39, 0.29) is 5.41 Å². The van der Waals surface area contributed by atoms with Crippen molar-refractivity contribution in [2.24, 2.45) is 0 Å². The lowest BCUT2D eigenvalue weighted by Crippen LogP contribution is -2.17. The average Bonchev–Trinajstić information content (AvgIpc) is 3.59. The summed E-state index contributed by atoms with van der Waals surface area (Å²) in [5.41, 5.74) is 9.47. The van der Waals surface area contributed by atoms with Crippen LogP contribution in [0.4, 0.5) is 0 Å².